The largest absolute Gasteiger partial charge is 0.497 e. The van der Waals surface area contributed by atoms with Gasteiger partial charge in [0.25, 0.3) is 5.56 Å². The lowest BCUT2D eigenvalue weighted by Gasteiger charge is -2.10. The molecular formula is C16H11ClF3N3O3. The van der Waals surface area contributed by atoms with E-state index in [9.17, 15) is 18.0 Å². The summed E-state index contributed by atoms with van der Waals surface area (Å²) in [7, 11) is 1.53. The average molecular weight is 386 g/mol. The number of hydrogen-bond acceptors (Lipinski definition) is 5. The molecule has 0 saturated heterocycles. The number of nitrogens with zero attached hydrogens (tertiary/aromatic N) is 3. The van der Waals surface area contributed by atoms with Crippen LogP contribution in [0.25, 0.3) is 11.4 Å². The van der Waals surface area contributed by atoms with Gasteiger partial charge in [-0.1, -0.05) is 16.8 Å². The van der Waals surface area contributed by atoms with E-state index in [0.29, 0.717) is 23.6 Å². The molecule has 2 heterocycles. The zero-order valence-electron chi connectivity index (χ0n) is 13.2. The highest BCUT2D eigenvalue weighted by molar-refractivity contribution is 6.30. The number of hydrogen-bond donors (Lipinski definition) is 0. The molecule has 10 heteroatoms. The first-order chi connectivity index (χ1) is 12.3. The van der Waals surface area contributed by atoms with Gasteiger partial charge in [-0.15, -0.1) is 0 Å². The van der Waals surface area contributed by atoms with Gasteiger partial charge in [0, 0.05) is 11.8 Å². The average Bonchev–Trinajstić information content (AvgIpc) is 3.06. The van der Waals surface area contributed by atoms with Gasteiger partial charge in [0.2, 0.25) is 11.7 Å². The molecule has 0 fully saturated rings. The van der Waals surface area contributed by atoms with Crippen LogP contribution in [-0.4, -0.2) is 21.8 Å². The molecule has 136 valence electrons. The van der Waals surface area contributed by atoms with Crippen LogP contribution < -0.4 is 10.3 Å². The van der Waals surface area contributed by atoms with Crippen molar-refractivity contribution in [2.45, 2.75) is 12.7 Å². The second kappa shape index (κ2) is 6.83. The Labute approximate surface area is 149 Å². The fraction of sp³-hybridized carbons (Fsp3) is 0.188. The molecule has 3 aromatic rings. The Bertz CT molecular complexity index is 981. The number of benzene rings is 1. The molecule has 6 nitrogen and oxygen atoms in total. The van der Waals surface area contributed by atoms with E-state index in [1.54, 1.807) is 24.3 Å². The maximum Gasteiger partial charge on any atom is 0.417 e. The molecule has 2 aromatic heterocycles. The number of aromatic nitrogens is 3. The molecule has 1 aromatic carbocycles. The van der Waals surface area contributed by atoms with Gasteiger partial charge in [-0.25, -0.2) is 0 Å². The van der Waals surface area contributed by atoms with Crippen molar-refractivity contribution < 1.29 is 22.4 Å². The summed E-state index contributed by atoms with van der Waals surface area (Å²) in [6.07, 6.45) is -3.98. The summed E-state index contributed by atoms with van der Waals surface area (Å²) in [4.78, 5) is 16.1. The summed E-state index contributed by atoms with van der Waals surface area (Å²) in [5.74, 6) is 0.838. The lowest BCUT2D eigenvalue weighted by Crippen LogP contribution is -2.23. The van der Waals surface area contributed by atoms with Gasteiger partial charge in [-0.3, -0.25) is 4.79 Å². The fourth-order valence-corrected chi connectivity index (χ4v) is 2.42. The van der Waals surface area contributed by atoms with E-state index in [4.69, 9.17) is 20.9 Å². The number of halogens is 4. The first-order valence-corrected chi connectivity index (χ1v) is 7.60. The first kappa shape index (κ1) is 18.0. The van der Waals surface area contributed by atoms with Crippen LogP contribution in [0, 0.1) is 0 Å². The smallest absolute Gasteiger partial charge is 0.417 e. The van der Waals surface area contributed by atoms with E-state index in [1.807, 2.05) is 0 Å². The van der Waals surface area contributed by atoms with Gasteiger partial charge < -0.3 is 13.8 Å². The molecule has 0 bridgehead atoms. The Morgan fingerprint density at radius 2 is 1.96 bits per heavy atom. The zero-order valence-corrected chi connectivity index (χ0v) is 14.0. The Morgan fingerprint density at radius 1 is 1.27 bits per heavy atom. The van der Waals surface area contributed by atoms with Crippen LogP contribution in [0.5, 0.6) is 5.75 Å². The van der Waals surface area contributed by atoms with Crippen molar-refractivity contribution in [1.29, 1.82) is 0 Å². The molecule has 0 aliphatic heterocycles. The summed E-state index contributed by atoms with van der Waals surface area (Å²) in [5.41, 5.74) is -1.21. The van der Waals surface area contributed by atoms with E-state index in [-0.39, 0.29) is 18.3 Å². The minimum atomic E-state index is -4.64. The number of methoxy groups -OCH3 is 1. The summed E-state index contributed by atoms with van der Waals surface area (Å²) in [5, 5.41) is 3.22. The van der Waals surface area contributed by atoms with Crippen LogP contribution in [0.1, 0.15) is 11.5 Å². The van der Waals surface area contributed by atoms with Crippen LogP contribution in [0.4, 0.5) is 13.2 Å². The highest BCUT2D eigenvalue weighted by Crippen LogP contribution is 2.29. The molecular weight excluding hydrogens is 375 g/mol. The SMILES string of the molecule is COc1ccc(-c2noc(Cn3cc(C(F)(F)F)cc(Cl)c3=O)n2)cc1. The van der Waals surface area contributed by atoms with E-state index in [2.05, 4.69) is 10.1 Å². The van der Waals surface area contributed by atoms with Crippen molar-refractivity contribution in [3.05, 3.63) is 63.4 Å². The van der Waals surface area contributed by atoms with Gasteiger partial charge in [0.05, 0.1) is 12.7 Å². The number of ether oxygens (including phenoxy) is 1. The van der Waals surface area contributed by atoms with Gasteiger partial charge in [0.1, 0.15) is 17.3 Å². The molecule has 0 unspecified atom stereocenters. The second-order valence-corrected chi connectivity index (χ2v) is 5.65. The minimum absolute atomic E-state index is 0.0340. The number of alkyl halides is 3. The van der Waals surface area contributed by atoms with Crippen LogP contribution in [0.3, 0.4) is 0 Å². The highest BCUT2D eigenvalue weighted by atomic mass is 35.5. The Kier molecular flexibility index (Phi) is 4.73. The van der Waals surface area contributed by atoms with Crippen LogP contribution >= 0.6 is 11.6 Å². The van der Waals surface area contributed by atoms with E-state index in [1.165, 1.54) is 7.11 Å². The second-order valence-electron chi connectivity index (χ2n) is 5.25. The van der Waals surface area contributed by atoms with Gasteiger partial charge in [0.15, 0.2) is 0 Å². The third-order valence-electron chi connectivity index (χ3n) is 3.49. The van der Waals surface area contributed by atoms with Gasteiger partial charge in [-0.05, 0) is 30.3 Å². The summed E-state index contributed by atoms with van der Waals surface area (Å²) < 4.78 is 49.5. The standard InChI is InChI=1S/C16H11ClF3N3O3/c1-25-11-4-2-9(3-5-11)14-21-13(26-22-14)8-23-7-10(16(18,19)20)6-12(17)15(23)24/h2-7H,8H2,1H3. The fourth-order valence-electron chi connectivity index (χ4n) is 2.19. The van der Waals surface area contributed by atoms with Crippen LogP contribution in [0.15, 0.2) is 45.8 Å². The molecule has 0 aliphatic rings. The Morgan fingerprint density at radius 3 is 2.58 bits per heavy atom. The third-order valence-corrected chi connectivity index (χ3v) is 3.76. The van der Waals surface area contributed by atoms with Crippen molar-refractivity contribution in [3.63, 3.8) is 0 Å². The first-order valence-electron chi connectivity index (χ1n) is 7.22. The molecule has 0 spiro atoms. The molecule has 0 aliphatic carbocycles. The van der Waals surface area contributed by atoms with Crippen molar-refractivity contribution in [3.8, 4) is 17.1 Å². The van der Waals surface area contributed by atoms with Crippen molar-refractivity contribution in [2.24, 2.45) is 0 Å². The maximum absolute atomic E-state index is 12.9. The van der Waals surface area contributed by atoms with E-state index in [0.717, 1.165) is 4.57 Å². The van der Waals surface area contributed by atoms with Crippen molar-refractivity contribution >= 4 is 11.6 Å². The van der Waals surface area contributed by atoms with Gasteiger partial charge in [-0.2, -0.15) is 18.2 Å². The predicted molar refractivity (Wildman–Crippen MR) is 86.1 cm³/mol. The van der Waals surface area contributed by atoms with Crippen molar-refractivity contribution in [1.82, 2.24) is 14.7 Å². The third kappa shape index (κ3) is 3.72. The molecule has 0 saturated carbocycles. The monoisotopic (exact) mass is 385 g/mol. The molecule has 0 amide bonds. The summed E-state index contributed by atoms with van der Waals surface area (Å²) >= 11 is 5.61. The lowest BCUT2D eigenvalue weighted by atomic mass is 10.2. The van der Waals surface area contributed by atoms with E-state index >= 15 is 0 Å². The lowest BCUT2D eigenvalue weighted by molar-refractivity contribution is -0.138. The Balaban J connectivity index is 1.89. The Hall–Kier alpha value is -2.81. The summed E-state index contributed by atoms with van der Waals surface area (Å²) in [6, 6.07) is 7.36. The van der Waals surface area contributed by atoms with Gasteiger partial charge >= 0.3 is 6.18 Å². The normalized spacial score (nSPS) is 11.6. The molecule has 0 radical (unpaired) electrons. The minimum Gasteiger partial charge on any atom is -0.497 e. The molecule has 26 heavy (non-hydrogen) atoms. The number of rotatable bonds is 4. The van der Waals surface area contributed by atoms with Crippen LogP contribution in [-0.2, 0) is 12.7 Å². The maximum atomic E-state index is 12.9. The highest BCUT2D eigenvalue weighted by Gasteiger charge is 2.32. The van der Waals surface area contributed by atoms with Crippen molar-refractivity contribution in [2.75, 3.05) is 7.11 Å². The topological polar surface area (TPSA) is 70.2 Å². The molecule has 3 rings (SSSR count). The quantitative estimate of drug-likeness (QED) is 0.686. The predicted octanol–water partition coefficient (Wildman–Crippen LogP) is 3.63. The zero-order chi connectivity index (χ0) is 18.9. The summed E-state index contributed by atoms with van der Waals surface area (Å²) in [6.45, 7) is -0.342. The molecule has 0 N–H and O–H groups in total. The number of pyridine rings is 1. The van der Waals surface area contributed by atoms with E-state index < -0.39 is 22.3 Å². The molecule has 0 atom stereocenters. The van der Waals surface area contributed by atoms with Crippen LogP contribution in [0.2, 0.25) is 5.02 Å².